The van der Waals surface area contributed by atoms with Crippen LogP contribution in [0.2, 0.25) is 0 Å². The molecule has 0 radical (unpaired) electrons. The zero-order valence-corrected chi connectivity index (χ0v) is 6.75. The fourth-order valence-corrected chi connectivity index (χ4v) is 0.995. The molecule has 1 aliphatic rings. The molecule has 0 bridgehead atoms. The molecule has 0 aromatic carbocycles. The second-order valence-corrected chi connectivity index (χ2v) is 2.94. The molecule has 0 amide bonds. The number of aliphatic carboxylic acids is 1. The molecule has 0 aromatic heterocycles. The van der Waals surface area contributed by atoms with Crippen molar-refractivity contribution in [3.05, 3.63) is 0 Å². The van der Waals surface area contributed by atoms with Crippen molar-refractivity contribution in [2.75, 3.05) is 6.61 Å². The second kappa shape index (κ2) is 3.72. The highest BCUT2D eigenvalue weighted by molar-refractivity contribution is 5.74. The maximum absolute atomic E-state index is 10.3. The number of rotatable bonds is 5. The molecule has 1 rings (SSSR count). The van der Waals surface area contributed by atoms with Crippen LogP contribution in [-0.4, -0.2) is 23.8 Å². The minimum absolute atomic E-state index is 0.0130. The molecule has 1 fully saturated rings. The molecule has 0 spiro atoms. The van der Waals surface area contributed by atoms with E-state index in [-0.39, 0.29) is 12.0 Å². The summed E-state index contributed by atoms with van der Waals surface area (Å²) in [6, 6.07) is 0. The largest absolute Gasteiger partial charge is 0.481 e. The molecule has 0 aliphatic heterocycles. The van der Waals surface area contributed by atoms with Gasteiger partial charge in [-0.05, 0) is 12.8 Å². The standard InChI is InChI=1S/C8H14O3/c1-2-3-4-11-7-5-6(7)8(9)10/h6-7H,2-5H2,1H3,(H,9,10). The fraction of sp³-hybridized carbons (Fsp3) is 0.875. The molecule has 2 unspecified atom stereocenters. The van der Waals surface area contributed by atoms with E-state index in [4.69, 9.17) is 9.84 Å². The summed E-state index contributed by atoms with van der Waals surface area (Å²) in [5.41, 5.74) is 0. The first kappa shape index (κ1) is 8.53. The Hall–Kier alpha value is -0.570. The maximum Gasteiger partial charge on any atom is 0.309 e. The van der Waals surface area contributed by atoms with Crippen LogP contribution in [0.1, 0.15) is 26.2 Å². The van der Waals surface area contributed by atoms with Crippen LogP contribution in [0.25, 0.3) is 0 Å². The van der Waals surface area contributed by atoms with Gasteiger partial charge in [0.25, 0.3) is 0 Å². The van der Waals surface area contributed by atoms with Crippen LogP contribution < -0.4 is 0 Å². The average Bonchev–Trinajstić information content (AvgIpc) is 2.68. The van der Waals surface area contributed by atoms with Crippen LogP contribution in [0.3, 0.4) is 0 Å². The Morgan fingerprint density at radius 2 is 2.45 bits per heavy atom. The Labute approximate surface area is 66.4 Å². The van der Waals surface area contributed by atoms with Crippen LogP contribution in [0.4, 0.5) is 0 Å². The Morgan fingerprint density at radius 1 is 1.73 bits per heavy atom. The van der Waals surface area contributed by atoms with E-state index in [0.717, 1.165) is 12.8 Å². The summed E-state index contributed by atoms with van der Waals surface area (Å²) in [6.45, 7) is 2.80. The number of hydrogen-bond donors (Lipinski definition) is 1. The first-order valence-electron chi connectivity index (χ1n) is 4.10. The van der Waals surface area contributed by atoms with E-state index in [1.54, 1.807) is 0 Å². The van der Waals surface area contributed by atoms with E-state index in [1.807, 2.05) is 0 Å². The van der Waals surface area contributed by atoms with Crippen LogP contribution in [0.15, 0.2) is 0 Å². The molecular weight excluding hydrogens is 144 g/mol. The lowest BCUT2D eigenvalue weighted by molar-refractivity contribution is -0.139. The quantitative estimate of drug-likeness (QED) is 0.613. The lowest BCUT2D eigenvalue weighted by atomic mass is 10.4. The molecule has 1 saturated carbocycles. The number of carboxylic acid groups (broad SMARTS) is 1. The summed E-state index contributed by atoms with van der Waals surface area (Å²) >= 11 is 0. The zero-order valence-electron chi connectivity index (χ0n) is 6.75. The van der Waals surface area contributed by atoms with Gasteiger partial charge in [-0.15, -0.1) is 0 Å². The van der Waals surface area contributed by atoms with Crippen molar-refractivity contribution in [3.8, 4) is 0 Å². The molecule has 0 aromatic rings. The highest BCUT2D eigenvalue weighted by Crippen LogP contribution is 2.33. The highest BCUT2D eigenvalue weighted by atomic mass is 16.5. The van der Waals surface area contributed by atoms with Crippen LogP contribution in [-0.2, 0) is 9.53 Å². The van der Waals surface area contributed by atoms with E-state index < -0.39 is 5.97 Å². The molecule has 1 aliphatic carbocycles. The van der Waals surface area contributed by atoms with Gasteiger partial charge in [0, 0.05) is 6.61 Å². The lowest BCUT2D eigenvalue weighted by Gasteiger charge is -1.99. The smallest absolute Gasteiger partial charge is 0.309 e. The molecule has 0 saturated heterocycles. The Kier molecular flexibility index (Phi) is 2.88. The fourth-order valence-electron chi connectivity index (χ4n) is 0.995. The molecule has 0 heterocycles. The van der Waals surface area contributed by atoms with E-state index in [1.165, 1.54) is 0 Å². The summed E-state index contributed by atoms with van der Waals surface area (Å²) in [7, 11) is 0. The van der Waals surface area contributed by atoms with Crippen molar-refractivity contribution >= 4 is 5.97 Å². The summed E-state index contributed by atoms with van der Waals surface area (Å²) in [4.78, 5) is 10.3. The zero-order chi connectivity index (χ0) is 8.27. The monoisotopic (exact) mass is 158 g/mol. The SMILES string of the molecule is CCCCOC1CC1C(=O)O. The summed E-state index contributed by atoms with van der Waals surface area (Å²) < 4.78 is 5.29. The molecule has 11 heavy (non-hydrogen) atoms. The molecule has 1 N–H and O–H groups in total. The maximum atomic E-state index is 10.3. The summed E-state index contributed by atoms with van der Waals surface area (Å²) in [6.07, 6.45) is 2.85. The van der Waals surface area contributed by atoms with Crippen LogP contribution in [0.5, 0.6) is 0 Å². The van der Waals surface area contributed by atoms with Crippen molar-refractivity contribution in [1.82, 2.24) is 0 Å². The predicted molar refractivity (Wildman–Crippen MR) is 40.4 cm³/mol. The van der Waals surface area contributed by atoms with Gasteiger partial charge in [-0.2, -0.15) is 0 Å². The van der Waals surface area contributed by atoms with Crippen LogP contribution in [0, 0.1) is 5.92 Å². The van der Waals surface area contributed by atoms with E-state index in [9.17, 15) is 4.79 Å². The number of unbranched alkanes of at least 4 members (excludes halogenated alkanes) is 1. The predicted octanol–water partition coefficient (Wildman–Crippen LogP) is 1.28. The van der Waals surface area contributed by atoms with Gasteiger partial charge in [0.15, 0.2) is 0 Å². The normalized spacial score (nSPS) is 28.5. The third-order valence-corrected chi connectivity index (χ3v) is 1.88. The highest BCUT2D eigenvalue weighted by Gasteiger charge is 2.44. The van der Waals surface area contributed by atoms with Gasteiger partial charge < -0.3 is 9.84 Å². The van der Waals surface area contributed by atoms with Crippen molar-refractivity contribution in [1.29, 1.82) is 0 Å². The van der Waals surface area contributed by atoms with Crippen molar-refractivity contribution < 1.29 is 14.6 Å². The molecule has 64 valence electrons. The van der Waals surface area contributed by atoms with Gasteiger partial charge in [-0.3, -0.25) is 4.79 Å². The molecular formula is C8H14O3. The van der Waals surface area contributed by atoms with Gasteiger partial charge >= 0.3 is 5.97 Å². The second-order valence-electron chi connectivity index (χ2n) is 2.94. The third kappa shape index (κ3) is 2.50. The van der Waals surface area contributed by atoms with E-state index >= 15 is 0 Å². The van der Waals surface area contributed by atoms with Crippen LogP contribution >= 0.6 is 0 Å². The van der Waals surface area contributed by atoms with Gasteiger partial charge in [-0.1, -0.05) is 13.3 Å². The van der Waals surface area contributed by atoms with Gasteiger partial charge in [-0.25, -0.2) is 0 Å². The van der Waals surface area contributed by atoms with Crippen molar-refractivity contribution in [2.45, 2.75) is 32.3 Å². The number of ether oxygens (including phenoxy) is 1. The van der Waals surface area contributed by atoms with E-state index in [2.05, 4.69) is 6.92 Å². The Morgan fingerprint density at radius 3 is 2.91 bits per heavy atom. The van der Waals surface area contributed by atoms with Gasteiger partial charge in [0.1, 0.15) is 0 Å². The number of hydrogen-bond acceptors (Lipinski definition) is 2. The third-order valence-electron chi connectivity index (χ3n) is 1.88. The first-order valence-corrected chi connectivity index (χ1v) is 4.10. The Balaban J connectivity index is 2.00. The van der Waals surface area contributed by atoms with Gasteiger partial charge in [0.2, 0.25) is 0 Å². The van der Waals surface area contributed by atoms with E-state index in [0.29, 0.717) is 13.0 Å². The minimum Gasteiger partial charge on any atom is -0.481 e. The summed E-state index contributed by atoms with van der Waals surface area (Å²) in [5, 5.41) is 8.50. The molecule has 3 nitrogen and oxygen atoms in total. The summed E-state index contributed by atoms with van der Waals surface area (Å²) in [5.74, 6) is -0.932. The minimum atomic E-state index is -0.716. The number of carboxylic acids is 1. The van der Waals surface area contributed by atoms with Crippen molar-refractivity contribution in [2.24, 2.45) is 5.92 Å². The molecule has 2 atom stereocenters. The topological polar surface area (TPSA) is 46.5 Å². The lowest BCUT2D eigenvalue weighted by Crippen LogP contribution is -2.05. The Bertz CT molecular complexity index is 144. The number of carbonyl (C=O) groups is 1. The first-order chi connectivity index (χ1) is 5.25. The van der Waals surface area contributed by atoms with Crippen molar-refractivity contribution in [3.63, 3.8) is 0 Å². The van der Waals surface area contributed by atoms with Gasteiger partial charge in [0.05, 0.1) is 12.0 Å². The average molecular weight is 158 g/mol. The molecule has 3 heteroatoms.